The first-order chi connectivity index (χ1) is 26.7. The summed E-state index contributed by atoms with van der Waals surface area (Å²) in [6, 6.07) is 63.2. The van der Waals surface area contributed by atoms with Crippen LogP contribution >= 0.6 is 0 Å². The van der Waals surface area contributed by atoms with Crippen molar-refractivity contribution in [2.24, 2.45) is 0 Å². The van der Waals surface area contributed by atoms with Crippen molar-refractivity contribution in [2.45, 2.75) is 0 Å². The molecular weight excluding hydrogens is 655 g/mol. The van der Waals surface area contributed by atoms with Crippen LogP contribution in [0.4, 0.5) is 0 Å². The third kappa shape index (κ3) is 4.94. The van der Waals surface area contributed by atoms with Crippen molar-refractivity contribution in [1.29, 1.82) is 0 Å². The highest BCUT2D eigenvalue weighted by Gasteiger charge is 2.17. The highest BCUT2D eigenvalue weighted by atomic mass is 14.9. The highest BCUT2D eigenvalue weighted by molar-refractivity contribution is 6.25. The number of nitrogens with zero attached hydrogens (tertiary/aromatic N) is 3. The number of fused-ring (bicyclic) bond motifs is 3. The Bertz CT molecular complexity index is 3170. The quantitative estimate of drug-likeness (QED) is 0.169. The molecule has 3 heteroatoms. The maximum Gasteiger partial charge on any atom is 0.160 e. The predicted molar refractivity (Wildman–Crippen MR) is 226 cm³/mol. The van der Waals surface area contributed by atoms with Crippen LogP contribution in [-0.4, -0.2) is 15.0 Å². The third-order valence-corrected chi connectivity index (χ3v) is 10.9. The molecule has 0 saturated heterocycles. The molecule has 0 aliphatic carbocycles. The van der Waals surface area contributed by atoms with Gasteiger partial charge in [0.15, 0.2) is 5.82 Å². The van der Waals surface area contributed by atoms with Crippen molar-refractivity contribution in [1.82, 2.24) is 15.0 Å². The van der Waals surface area contributed by atoms with Crippen LogP contribution in [0.2, 0.25) is 0 Å². The minimum atomic E-state index is 0.696. The van der Waals surface area contributed by atoms with Crippen molar-refractivity contribution in [3.05, 3.63) is 188 Å². The van der Waals surface area contributed by atoms with Gasteiger partial charge in [-0.05, 0) is 100 Å². The highest BCUT2D eigenvalue weighted by Crippen LogP contribution is 2.41. The maximum atomic E-state index is 5.32. The van der Waals surface area contributed by atoms with Gasteiger partial charge in [-0.3, -0.25) is 4.98 Å². The fraction of sp³-hybridized carbons (Fsp3) is 0. The van der Waals surface area contributed by atoms with E-state index in [1.165, 1.54) is 59.4 Å². The third-order valence-electron chi connectivity index (χ3n) is 10.9. The Labute approximate surface area is 312 Å². The van der Waals surface area contributed by atoms with Crippen molar-refractivity contribution in [3.8, 4) is 56.2 Å². The Morgan fingerprint density at radius 1 is 0.296 bits per heavy atom. The molecule has 0 fully saturated rings. The number of benzene rings is 9. The van der Waals surface area contributed by atoms with Crippen LogP contribution < -0.4 is 0 Å². The Balaban J connectivity index is 1.08. The van der Waals surface area contributed by atoms with Gasteiger partial charge in [-0.25, -0.2) is 9.97 Å². The summed E-state index contributed by atoms with van der Waals surface area (Å²) >= 11 is 0. The standard InChI is InChI=1S/C51H31N3/c1-2-9-41-40(6-1)30-46(43-11-4-3-10-42(41)43)34-14-20-39(21-15-34)51-53-47(35-16-12-32(13-17-35)33-26-28-52-29-27-33)31-48(54-51)44-24-22-38-19-18-36-7-5-8-37-23-25-45(44)50(38)49(36)37/h1-31H. The summed E-state index contributed by atoms with van der Waals surface area (Å²) < 4.78 is 0. The van der Waals surface area contributed by atoms with E-state index in [2.05, 4.69) is 169 Å². The van der Waals surface area contributed by atoms with Gasteiger partial charge in [0.25, 0.3) is 0 Å². The summed E-state index contributed by atoms with van der Waals surface area (Å²) in [7, 11) is 0. The first-order valence-electron chi connectivity index (χ1n) is 18.3. The fourth-order valence-electron chi connectivity index (χ4n) is 8.29. The second-order valence-corrected chi connectivity index (χ2v) is 14.0. The van der Waals surface area contributed by atoms with E-state index in [9.17, 15) is 0 Å². The Morgan fingerprint density at radius 2 is 0.870 bits per heavy atom. The van der Waals surface area contributed by atoms with Crippen LogP contribution in [-0.2, 0) is 0 Å². The van der Waals surface area contributed by atoms with Crippen molar-refractivity contribution >= 4 is 53.9 Å². The first-order valence-corrected chi connectivity index (χ1v) is 18.3. The second kappa shape index (κ2) is 12.2. The molecule has 54 heavy (non-hydrogen) atoms. The van der Waals surface area contributed by atoms with Crippen LogP contribution in [0.5, 0.6) is 0 Å². The number of hydrogen-bond donors (Lipinski definition) is 0. The monoisotopic (exact) mass is 685 g/mol. The average Bonchev–Trinajstić information content (AvgIpc) is 3.25. The Morgan fingerprint density at radius 3 is 1.67 bits per heavy atom. The lowest BCUT2D eigenvalue weighted by Crippen LogP contribution is -1.97. The summed E-state index contributed by atoms with van der Waals surface area (Å²) in [4.78, 5) is 14.8. The molecule has 0 radical (unpaired) electrons. The molecule has 0 saturated carbocycles. The maximum absolute atomic E-state index is 5.32. The predicted octanol–water partition coefficient (Wildman–Crippen LogP) is 13.4. The number of rotatable bonds is 5. The smallest absolute Gasteiger partial charge is 0.160 e. The molecule has 2 heterocycles. The van der Waals surface area contributed by atoms with E-state index in [0.29, 0.717) is 5.82 Å². The van der Waals surface area contributed by atoms with E-state index in [-0.39, 0.29) is 0 Å². The molecule has 0 N–H and O–H groups in total. The van der Waals surface area contributed by atoms with Gasteiger partial charge in [0.1, 0.15) is 0 Å². The summed E-state index contributed by atoms with van der Waals surface area (Å²) in [6.07, 6.45) is 3.66. The lowest BCUT2D eigenvalue weighted by atomic mass is 9.91. The average molecular weight is 686 g/mol. The number of pyridine rings is 1. The molecule has 0 unspecified atom stereocenters. The van der Waals surface area contributed by atoms with Crippen LogP contribution in [0.1, 0.15) is 0 Å². The van der Waals surface area contributed by atoms with Crippen LogP contribution in [0.25, 0.3) is 110 Å². The largest absolute Gasteiger partial charge is 0.265 e. The van der Waals surface area contributed by atoms with Gasteiger partial charge >= 0.3 is 0 Å². The van der Waals surface area contributed by atoms with Crippen LogP contribution in [0, 0.1) is 0 Å². The molecule has 11 rings (SSSR count). The van der Waals surface area contributed by atoms with E-state index in [4.69, 9.17) is 9.97 Å². The Hall–Kier alpha value is -7.23. The molecule has 0 bridgehead atoms. The molecule has 0 atom stereocenters. The molecule has 0 spiro atoms. The SMILES string of the molecule is c1ccc2c(c1)cc(-c1ccc(-c3nc(-c4ccc(-c5ccncc5)cc4)cc(-c4ccc5ccc6cccc7ccc4c5c67)n3)cc1)c1ccccc12. The van der Waals surface area contributed by atoms with Gasteiger partial charge < -0.3 is 0 Å². The molecule has 250 valence electrons. The van der Waals surface area contributed by atoms with Gasteiger partial charge in [0.2, 0.25) is 0 Å². The normalized spacial score (nSPS) is 11.7. The topological polar surface area (TPSA) is 38.7 Å². The minimum Gasteiger partial charge on any atom is -0.265 e. The van der Waals surface area contributed by atoms with Gasteiger partial charge in [-0.1, -0.05) is 152 Å². The molecule has 0 aliphatic rings. The van der Waals surface area contributed by atoms with Crippen molar-refractivity contribution in [2.75, 3.05) is 0 Å². The lowest BCUT2D eigenvalue weighted by molar-refractivity contribution is 1.19. The molecule has 3 nitrogen and oxygen atoms in total. The number of hydrogen-bond acceptors (Lipinski definition) is 3. The zero-order valence-electron chi connectivity index (χ0n) is 29.2. The van der Waals surface area contributed by atoms with Gasteiger partial charge in [0.05, 0.1) is 11.4 Å². The molecule has 0 amide bonds. The molecule has 2 aromatic heterocycles. The van der Waals surface area contributed by atoms with E-state index in [1.54, 1.807) is 0 Å². The fourth-order valence-corrected chi connectivity index (χ4v) is 8.29. The van der Waals surface area contributed by atoms with Gasteiger partial charge in [0, 0.05) is 29.1 Å². The molecule has 11 aromatic rings. The van der Waals surface area contributed by atoms with E-state index in [1.807, 2.05) is 24.5 Å². The van der Waals surface area contributed by atoms with Crippen molar-refractivity contribution < 1.29 is 0 Å². The minimum absolute atomic E-state index is 0.696. The Kier molecular flexibility index (Phi) is 6.86. The number of aromatic nitrogens is 3. The summed E-state index contributed by atoms with van der Waals surface area (Å²) in [6.45, 7) is 0. The molecule has 0 aliphatic heterocycles. The van der Waals surface area contributed by atoms with Gasteiger partial charge in [-0.2, -0.15) is 0 Å². The van der Waals surface area contributed by atoms with Crippen LogP contribution in [0.3, 0.4) is 0 Å². The van der Waals surface area contributed by atoms with E-state index < -0.39 is 0 Å². The van der Waals surface area contributed by atoms with E-state index in [0.717, 1.165) is 44.8 Å². The summed E-state index contributed by atoms with van der Waals surface area (Å²) in [5.74, 6) is 0.696. The summed E-state index contributed by atoms with van der Waals surface area (Å²) in [5, 5.41) is 12.5. The van der Waals surface area contributed by atoms with Crippen LogP contribution in [0.15, 0.2) is 188 Å². The van der Waals surface area contributed by atoms with Gasteiger partial charge in [-0.15, -0.1) is 0 Å². The first kappa shape index (κ1) is 30.4. The molecular formula is C51H31N3. The zero-order valence-corrected chi connectivity index (χ0v) is 29.2. The zero-order chi connectivity index (χ0) is 35.6. The second-order valence-electron chi connectivity index (χ2n) is 14.0. The van der Waals surface area contributed by atoms with Crippen molar-refractivity contribution in [3.63, 3.8) is 0 Å². The molecule has 9 aromatic carbocycles. The lowest BCUT2D eigenvalue weighted by Gasteiger charge is -2.15. The van der Waals surface area contributed by atoms with E-state index >= 15 is 0 Å². The summed E-state index contributed by atoms with van der Waals surface area (Å²) in [5.41, 5.74) is 9.53.